The van der Waals surface area contributed by atoms with Crippen molar-refractivity contribution in [3.63, 3.8) is 0 Å². The van der Waals surface area contributed by atoms with Crippen LogP contribution in [0.5, 0.6) is 0 Å². The first kappa shape index (κ1) is 19.2. The molecule has 3 N–H and O–H groups in total. The Balaban J connectivity index is 5.42. The van der Waals surface area contributed by atoms with Crippen LogP contribution in [-0.2, 0) is 19.7 Å². The zero-order valence-corrected chi connectivity index (χ0v) is 13.5. The Kier molecular flexibility index (Phi) is 6.89. The molecule has 0 aliphatic rings. The third-order valence-electron chi connectivity index (χ3n) is 2.19. The first-order valence-electron chi connectivity index (χ1n) is 4.52. The molecule has 0 radical (unpaired) electrons. The number of hydrogen-bond donors (Lipinski definition) is 7. The van der Waals surface area contributed by atoms with Crippen LogP contribution in [0.2, 0.25) is 0 Å². The summed E-state index contributed by atoms with van der Waals surface area (Å²) in [5, 5.41) is 13.5. The summed E-state index contributed by atoms with van der Waals surface area (Å²) >= 11 is 15.1. The van der Waals surface area contributed by atoms with Crippen molar-refractivity contribution in [1.82, 2.24) is 0 Å². The minimum Gasteiger partial charge on any atom is -0.480 e. The molecule has 0 bridgehead atoms. The van der Waals surface area contributed by atoms with Crippen LogP contribution in [0.1, 0.15) is 0 Å². The molecule has 0 spiro atoms. The summed E-state index contributed by atoms with van der Waals surface area (Å²) in [5.41, 5.74) is 0. The van der Waals surface area contributed by atoms with E-state index in [2.05, 4.69) is 50.5 Å². The highest BCUT2D eigenvalue weighted by molar-refractivity contribution is 7.91. The summed E-state index contributed by atoms with van der Waals surface area (Å²) in [6, 6.07) is 0. The molecule has 0 saturated carbocycles. The van der Waals surface area contributed by atoms with Gasteiger partial charge in [0.1, 0.15) is 10.00 Å². The number of carbonyl (C=O) groups is 2. The van der Waals surface area contributed by atoms with Gasteiger partial charge in [0.2, 0.25) is 0 Å². The predicted molar refractivity (Wildman–Crippen MR) is 81.7 cm³/mol. The summed E-state index contributed by atoms with van der Waals surface area (Å²) in [5.74, 6) is -4.11. The number of hydrogen-bond acceptors (Lipinski definition) is 8. The number of rotatable bonds is 7. The van der Waals surface area contributed by atoms with Crippen molar-refractivity contribution in [3.05, 3.63) is 0 Å². The first-order valence-corrected chi connectivity index (χ1v) is 8.12. The van der Waals surface area contributed by atoms with Crippen molar-refractivity contribution < 1.29 is 32.8 Å². The number of thiol groups is 4. The quantitative estimate of drug-likeness (QED) is 0.241. The SMILES string of the molecule is O=C(O)C(S)C(S)(C(=O)O)C(S)C(S)CS(=O)(=O)O. The largest absolute Gasteiger partial charge is 0.480 e. The molecule has 0 saturated heterocycles. The molecule has 0 aromatic carbocycles. The van der Waals surface area contributed by atoms with Gasteiger partial charge in [-0.2, -0.15) is 58.9 Å². The molecule has 4 atom stereocenters. The van der Waals surface area contributed by atoms with Crippen LogP contribution in [0.4, 0.5) is 0 Å². The summed E-state index contributed by atoms with van der Waals surface area (Å²) in [6.45, 7) is 0. The molecule has 0 aliphatic carbocycles. The van der Waals surface area contributed by atoms with Crippen LogP contribution in [-0.4, -0.2) is 61.4 Å². The zero-order valence-electron chi connectivity index (χ0n) is 9.11. The Morgan fingerprint density at radius 3 is 1.84 bits per heavy atom. The third-order valence-corrected chi connectivity index (χ3v) is 6.46. The second kappa shape index (κ2) is 6.80. The highest BCUT2D eigenvalue weighted by atomic mass is 32.2. The van der Waals surface area contributed by atoms with E-state index in [4.69, 9.17) is 14.8 Å². The molecule has 12 heteroatoms. The van der Waals surface area contributed by atoms with E-state index in [0.717, 1.165) is 0 Å². The molecule has 0 aromatic heterocycles. The lowest BCUT2D eigenvalue weighted by Crippen LogP contribution is -2.56. The molecule has 0 fully saturated rings. The molecular formula is C7H12O7S5. The number of carboxylic acids is 2. The Hall–Kier alpha value is 0.250. The van der Waals surface area contributed by atoms with Crippen LogP contribution in [0, 0.1) is 0 Å². The van der Waals surface area contributed by atoms with Gasteiger partial charge < -0.3 is 10.2 Å². The first-order chi connectivity index (χ1) is 8.34. The highest BCUT2D eigenvalue weighted by Gasteiger charge is 2.52. The van der Waals surface area contributed by atoms with Crippen LogP contribution >= 0.6 is 50.5 Å². The minimum atomic E-state index is -4.42. The van der Waals surface area contributed by atoms with Gasteiger partial charge in [-0.15, -0.1) is 0 Å². The average Bonchev–Trinajstić information content (AvgIpc) is 2.22. The van der Waals surface area contributed by atoms with E-state index in [1.165, 1.54) is 0 Å². The van der Waals surface area contributed by atoms with E-state index in [0.29, 0.717) is 0 Å². The van der Waals surface area contributed by atoms with Crippen molar-refractivity contribution in [2.24, 2.45) is 0 Å². The van der Waals surface area contributed by atoms with E-state index in [1.807, 2.05) is 0 Å². The van der Waals surface area contributed by atoms with Gasteiger partial charge in [-0.25, -0.2) is 0 Å². The van der Waals surface area contributed by atoms with E-state index in [-0.39, 0.29) is 0 Å². The zero-order chi connectivity index (χ0) is 15.6. The van der Waals surface area contributed by atoms with Crippen LogP contribution < -0.4 is 0 Å². The third kappa shape index (κ3) is 4.93. The van der Waals surface area contributed by atoms with Gasteiger partial charge in [0, 0.05) is 10.5 Å². The Morgan fingerprint density at radius 2 is 1.58 bits per heavy atom. The van der Waals surface area contributed by atoms with E-state index < -0.39 is 48.3 Å². The van der Waals surface area contributed by atoms with Gasteiger partial charge in [-0.3, -0.25) is 14.1 Å². The Morgan fingerprint density at radius 1 is 1.16 bits per heavy atom. The minimum absolute atomic E-state index is 0.903. The maximum atomic E-state index is 11.2. The van der Waals surface area contributed by atoms with Gasteiger partial charge in [0.15, 0.2) is 0 Å². The van der Waals surface area contributed by atoms with Crippen molar-refractivity contribution in [1.29, 1.82) is 0 Å². The summed E-state index contributed by atoms with van der Waals surface area (Å²) in [6.07, 6.45) is 0. The topological polar surface area (TPSA) is 129 Å². The lowest BCUT2D eigenvalue weighted by atomic mass is 9.97. The molecule has 0 rings (SSSR count). The summed E-state index contributed by atoms with van der Waals surface area (Å²) in [4.78, 5) is 22.0. The number of carboxylic acid groups (broad SMARTS) is 2. The molecule has 19 heavy (non-hydrogen) atoms. The molecule has 0 aromatic rings. The lowest BCUT2D eigenvalue weighted by Gasteiger charge is -2.35. The van der Waals surface area contributed by atoms with Crippen molar-refractivity contribution >= 4 is 72.6 Å². The van der Waals surface area contributed by atoms with Gasteiger partial charge in [0.25, 0.3) is 10.1 Å². The normalized spacial score (nSPS) is 20.1. The van der Waals surface area contributed by atoms with Gasteiger partial charge >= 0.3 is 11.9 Å². The predicted octanol–water partition coefficient (Wildman–Crippen LogP) is -0.393. The van der Waals surface area contributed by atoms with Crippen molar-refractivity contribution in [2.75, 3.05) is 5.75 Å². The molecule has 0 amide bonds. The van der Waals surface area contributed by atoms with E-state index >= 15 is 0 Å². The second-order valence-corrected chi connectivity index (χ2v) is 7.61. The monoisotopic (exact) mass is 368 g/mol. The van der Waals surface area contributed by atoms with Gasteiger partial charge in [-0.1, -0.05) is 0 Å². The molecule has 112 valence electrons. The summed E-state index contributed by atoms with van der Waals surface area (Å²) < 4.78 is 27.8. The fourth-order valence-electron chi connectivity index (χ4n) is 1.19. The standard InChI is InChI=1S/C7H12O7S5/c8-5(9)4(17)7(18,6(10)11)3(16)2(15)1-19(12,13)14/h2-4,15-18H,1H2,(H,8,9)(H,10,11)(H,12,13,14). The van der Waals surface area contributed by atoms with Crippen LogP contribution in [0.15, 0.2) is 0 Å². The van der Waals surface area contributed by atoms with Crippen LogP contribution in [0.3, 0.4) is 0 Å². The molecule has 4 unspecified atom stereocenters. The molecule has 0 aliphatic heterocycles. The maximum Gasteiger partial charge on any atom is 0.322 e. The van der Waals surface area contributed by atoms with Crippen molar-refractivity contribution in [3.8, 4) is 0 Å². The maximum absolute atomic E-state index is 11.2. The van der Waals surface area contributed by atoms with Gasteiger partial charge in [-0.05, 0) is 0 Å². The fourth-order valence-corrected chi connectivity index (χ4v) is 3.92. The Labute approximate surface area is 131 Å². The molecular weight excluding hydrogens is 356 g/mol. The molecule has 0 heterocycles. The highest BCUT2D eigenvalue weighted by Crippen LogP contribution is 2.35. The number of aliphatic carboxylic acids is 2. The van der Waals surface area contributed by atoms with E-state index in [9.17, 15) is 18.0 Å². The van der Waals surface area contributed by atoms with E-state index in [1.54, 1.807) is 0 Å². The smallest absolute Gasteiger partial charge is 0.322 e. The van der Waals surface area contributed by atoms with Gasteiger partial charge in [0.05, 0.1) is 5.75 Å². The Bertz CT molecular complexity index is 462. The summed E-state index contributed by atoms with van der Waals surface area (Å²) in [7, 11) is -4.42. The molecule has 7 nitrogen and oxygen atoms in total. The lowest BCUT2D eigenvalue weighted by molar-refractivity contribution is -0.145. The fraction of sp³-hybridized carbons (Fsp3) is 0.714. The average molecular weight is 369 g/mol. The second-order valence-electron chi connectivity index (χ2n) is 3.63. The van der Waals surface area contributed by atoms with Crippen molar-refractivity contribution in [2.45, 2.75) is 20.5 Å². The van der Waals surface area contributed by atoms with Crippen LogP contribution in [0.25, 0.3) is 0 Å².